The fourth-order valence-electron chi connectivity index (χ4n) is 2.18. The van der Waals surface area contributed by atoms with Crippen molar-refractivity contribution in [2.45, 2.75) is 0 Å². The normalized spacial score (nSPS) is 10.7. The molecule has 6 nitrogen and oxygen atoms in total. The second kappa shape index (κ2) is 8.39. The summed E-state index contributed by atoms with van der Waals surface area (Å²) in [6.45, 7) is -0.0905. The van der Waals surface area contributed by atoms with Crippen LogP contribution in [0.25, 0.3) is 0 Å². The summed E-state index contributed by atoms with van der Waals surface area (Å²) in [5.74, 6) is 0.502. The van der Waals surface area contributed by atoms with Crippen molar-refractivity contribution in [3.63, 3.8) is 0 Å². The number of hydrogen-bond donors (Lipinski definition) is 1. The van der Waals surface area contributed by atoms with E-state index < -0.39 is 0 Å². The molecule has 0 aromatic heterocycles. The van der Waals surface area contributed by atoms with Crippen LogP contribution >= 0.6 is 11.6 Å². The van der Waals surface area contributed by atoms with E-state index in [4.69, 9.17) is 25.8 Å². The summed E-state index contributed by atoms with van der Waals surface area (Å²) in [5, 5.41) is 10.4. The van der Waals surface area contributed by atoms with Gasteiger partial charge in [0, 0.05) is 22.4 Å². The number of phenolic OH excluding ortho intramolecular Hbond substituents is 1. The minimum Gasteiger partial charge on any atom is -0.502 e. The van der Waals surface area contributed by atoms with Crippen LogP contribution in [-0.4, -0.2) is 45.0 Å². The summed E-state index contributed by atoms with van der Waals surface area (Å²) in [6, 6.07) is 8.01. The zero-order valence-electron chi connectivity index (χ0n) is 14.1. The highest BCUT2D eigenvalue weighted by Crippen LogP contribution is 2.37. The van der Waals surface area contributed by atoms with E-state index in [2.05, 4.69) is 4.99 Å². The number of carbonyl (C=O) groups excluding carboxylic acids is 1. The molecule has 25 heavy (non-hydrogen) atoms. The van der Waals surface area contributed by atoms with Crippen LogP contribution in [0.3, 0.4) is 0 Å². The van der Waals surface area contributed by atoms with E-state index in [1.54, 1.807) is 25.3 Å². The number of methoxy groups -OCH3 is 3. The van der Waals surface area contributed by atoms with Gasteiger partial charge in [0.25, 0.3) is 0 Å². The van der Waals surface area contributed by atoms with Gasteiger partial charge in [0.2, 0.25) is 5.75 Å². The van der Waals surface area contributed by atoms with E-state index in [0.717, 1.165) is 0 Å². The highest BCUT2D eigenvalue weighted by Gasteiger charge is 2.15. The molecule has 0 heterocycles. The van der Waals surface area contributed by atoms with Gasteiger partial charge < -0.3 is 19.3 Å². The van der Waals surface area contributed by atoms with Crippen molar-refractivity contribution in [3.05, 3.63) is 46.5 Å². The first kappa shape index (κ1) is 18.6. The topological polar surface area (TPSA) is 77.4 Å². The predicted octanol–water partition coefficient (Wildman–Crippen LogP) is 3.37. The molecular weight excluding hydrogens is 346 g/mol. The number of rotatable bonds is 7. The van der Waals surface area contributed by atoms with E-state index in [1.165, 1.54) is 32.6 Å². The molecule has 1 N–H and O–H groups in total. The summed E-state index contributed by atoms with van der Waals surface area (Å²) in [7, 11) is 4.33. The van der Waals surface area contributed by atoms with Crippen LogP contribution in [0, 0.1) is 0 Å². The lowest BCUT2D eigenvalue weighted by molar-refractivity contribution is 0.100. The largest absolute Gasteiger partial charge is 0.502 e. The molecule has 132 valence electrons. The Morgan fingerprint density at radius 2 is 1.68 bits per heavy atom. The highest BCUT2D eigenvalue weighted by molar-refractivity contribution is 6.30. The van der Waals surface area contributed by atoms with E-state index in [9.17, 15) is 9.90 Å². The van der Waals surface area contributed by atoms with Crippen molar-refractivity contribution < 1.29 is 24.1 Å². The van der Waals surface area contributed by atoms with Gasteiger partial charge in [-0.25, -0.2) is 0 Å². The lowest BCUT2D eigenvalue weighted by atomic mass is 10.1. The van der Waals surface area contributed by atoms with Gasteiger partial charge in [0.05, 0.1) is 21.3 Å². The number of hydrogen-bond acceptors (Lipinski definition) is 6. The number of benzene rings is 2. The Morgan fingerprint density at radius 1 is 1.08 bits per heavy atom. The van der Waals surface area contributed by atoms with Crippen LogP contribution in [0.1, 0.15) is 15.9 Å². The SMILES string of the molecule is COc1ccc(Cl)cc1C=NCC(=O)c1cc(OC)c(O)c(OC)c1. The number of aromatic hydroxyl groups is 1. The molecule has 0 amide bonds. The average Bonchev–Trinajstić information content (AvgIpc) is 2.62. The van der Waals surface area contributed by atoms with Crippen molar-refractivity contribution in [2.24, 2.45) is 4.99 Å². The first-order valence-electron chi connectivity index (χ1n) is 7.31. The third-order valence-corrected chi connectivity index (χ3v) is 3.69. The zero-order valence-corrected chi connectivity index (χ0v) is 14.8. The van der Waals surface area contributed by atoms with Crippen molar-refractivity contribution >= 4 is 23.6 Å². The minimum atomic E-state index is -0.256. The Labute approximate surface area is 150 Å². The van der Waals surface area contributed by atoms with Gasteiger partial charge in [-0.05, 0) is 30.3 Å². The smallest absolute Gasteiger partial charge is 0.200 e. The number of carbonyl (C=O) groups is 1. The molecule has 0 spiro atoms. The summed E-state index contributed by atoms with van der Waals surface area (Å²) >= 11 is 5.96. The summed E-state index contributed by atoms with van der Waals surface area (Å²) < 4.78 is 15.3. The fraction of sp³-hybridized carbons (Fsp3) is 0.222. The first-order chi connectivity index (χ1) is 12.0. The Bertz CT molecular complexity index is 779. The third-order valence-electron chi connectivity index (χ3n) is 3.46. The Morgan fingerprint density at radius 3 is 2.24 bits per heavy atom. The van der Waals surface area contributed by atoms with Crippen molar-refractivity contribution in [2.75, 3.05) is 27.9 Å². The van der Waals surface area contributed by atoms with Gasteiger partial charge in [-0.3, -0.25) is 9.79 Å². The zero-order chi connectivity index (χ0) is 18.4. The summed E-state index contributed by atoms with van der Waals surface area (Å²) in [6.07, 6.45) is 1.53. The maximum atomic E-state index is 12.3. The van der Waals surface area contributed by atoms with Crippen LogP contribution in [0.15, 0.2) is 35.3 Å². The number of nitrogens with zero attached hydrogens (tertiary/aromatic N) is 1. The number of aliphatic imine (C=N–C) groups is 1. The lowest BCUT2D eigenvalue weighted by Crippen LogP contribution is -2.05. The van der Waals surface area contributed by atoms with E-state index in [-0.39, 0.29) is 29.6 Å². The third kappa shape index (κ3) is 4.42. The van der Waals surface area contributed by atoms with Crippen molar-refractivity contribution in [1.29, 1.82) is 0 Å². The molecule has 0 saturated heterocycles. The molecule has 0 saturated carbocycles. The maximum Gasteiger partial charge on any atom is 0.200 e. The van der Waals surface area contributed by atoms with E-state index >= 15 is 0 Å². The molecule has 2 aromatic rings. The van der Waals surface area contributed by atoms with Gasteiger partial charge in [-0.15, -0.1) is 0 Å². The van der Waals surface area contributed by atoms with Crippen LogP contribution in [-0.2, 0) is 0 Å². The molecule has 0 bridgehead atoms. The fourth-order valence-corrected chi connectivity index (χ4v) is 2.36. The van der Waals surface area contributed by atoms with E-state index in [1.807, 2.05) is 0 Å². The van der Waals surface area contributed by atoms with Crippen molar-refractivity contribution in [3.8, 4) is 23.0 Å². The number of halogens is 1. The molecule has 0 aliphatic carbocycles. The van der Waals surface area contributed by atoms with Gasteiger partial charge >= 0.3 is 0 Å². The molecule has 0 aliphatic heterocycles. The van der Waals surface area contributed by atoms with Crippen LogP contribution in [0.2, 0.25) is 5.02 Å². The molecule has 0 atom stereocenters. The minimum absolute atomic E-state index is 0.0905. The first-order valence-corrected chi connectivity index (χ1v) is 7.69. The van der Waals surface area contributed by atoms with Crippen molar-refractivity contribution in [1.82, 2.24) is 0 Å². The lowest BCUT2D eigenvalue weighted by Gasteiger charge is -2.10. The maximum absolute atomic E-state index is 12.3. The Kier molecular flexibility index (Phi) is 6.25. The second-order valence-electron chi connectivity index (χ2n) is 5.01. The molecule has 2 aromatic carbocycles. The molecule has 0 unspecified atom stereocenters. The van der Waals surface area contributed by atoms with Gasteiger partial charge in [-0.1, -0.05) is 11.6 Å². The monoisotopic (exact) mass is 363 g/mol. The van der Waals surface area contributed by atoms with Gasteiger partial charge in [-0.2, -0.15) is 0 Å². The molecular formula is C18H18ClNO5. The highest BCUT2D eigenvalue weighted by atomic mass is 35.5. The number of ether oxygens (including phenoxy) is 3. The van der Waals surface area contributed by atoms with E-state index in [0.29, 0.717) is 21.9 Å². The van der Waals surface area contributed by atoms with Crippen LogP contribution in [0.4, 0.5) is 0 Å². The molecule has 0 radical (unpaired) electrons. The number of phenols is 1. The van der Waals surface area contributed by atoms with Gasteiger partial charge in [0.15, 0.2) is 17.3 Å². The number of ketones is 1. The standard InChI is InChI=1S/C18H18ClNO5/c1-23-15-5-4-13(19)6-12(15)9-20-10-14(21)11-7-16(24-2)18(22)17(8-11)25-3/h4-9,22H,10H2,1-3H3. The second-order valence-corrected chi connectivity index (χ2v) is 5.45. The Hall–Kier alpha value is -2.73. The summed E-state index contributed by atoms with van der Waals surface area (Å²) in [5.41, 5.74) is 0.991. The average molecular weight is 364 g/mol. The van der Waals surface area contributed by atoms with Crippen LogP contribution < -0.4 is 14.2 Å². The molecule has 2 rings (SSSR count). The predicted molar refractivity (Wildman–Crippen MR) is 96.0 cm³/mol. The number of Topliss-reactive ketones (excluding diaryl/α,β-unsaturated/α-hetero) is 1. The molecule has 0 fully saturated rings. The summed E-state index contributed by atoms with van der Waals surface area (Å²) in [4.78, 5) is 16.5. The van der Waals surface area contributed by atoms with Crippen LogP contribution in [0.5, 0.6) is 23.0 Å². The van der Waals surface area contributed by atoms with Gasteiger partial charge in [0.1, 0.15) is 12.3 Å². The molecule has 7 heteroatoms. The quantitative estimate of drug-likeness (QED) is 0.602. The Balaban J connectivity index is 2.19. The molecule has 0 aliphatic rings.